The number of anilines is 2. The monoisotopic (exact) mass is 365 g/mol. The number of hydrogen-bond donors (Lipinski definition) is 2. The predicted octanol–water partition coefficient (Wildman–Crippen LogP) is 3.08. The molecule has 2 aromatic heterocycles. The van der Waals surface area contributed by atoms with Crippen LogP contribution in [0.2, 0.25) is 0 Å². The minimum Gasteiger partial charge on any atom is -0.469 e. The molecule has 4 rings (SSSR count). The molecule has 0 radical (unpaired) electrons. The summed E-state index contributed by atoms with van der Waals surface area (Å²) in [4.78, 5) is 17.4. The summed E-state index contributed by atoms with van der Waals surface area (Å²) in [6.45, 7) is 3.35. The van der Waals surface area contributed by atoms with Crippen molar-refractivity contribution in [3.8, 4) is 0 Å². The first-order valence-corrected chi connectivity index (χ1v) is 9.33. The van der Waals surface area contributed by atoms with Gasteiger partial charge in [-0.3, -0.25) is 14.7 Å². The van der Waals surface area contributed by atoms with Gasteiger partial charge in [-0.2, -0.15) is 0 Å². The second-order valence-electron chi connectivity index (χ2n) is 6.86. The maximum Gasteiger partial charge on any atom is 0.274 e. The third kappa shape index (κ3) is 4.62. The van der Waals surface area contributed by atoms with E-state index in [4.69, 9.17) is 4.42 Å². The molecule has 7 nitrogen and oxygen atoms in total. The number of aromatic amines is 1. The molecule has 3 heterocycles. The molecular formula is C20H23N5O2. The number of piperidine rings is 1. The van der Waals surface area contributed by atoms with E-state index in [1.54, 1.807) is 18.4 Å². The molecule has 1 aliphatic rings. The molecule has 27 heavy (non-hydrogen) atoms. The van der Waals surface area contributed by atoms with Crippen molar-refractivity contribution >= 4 is 11.6 Å². The molecule has 0 aliphatic carbocycles. The molecule has 140 valence electrons. The van der Waals surface area contributed by atoms with E-state index in [0.717, 1.165) is 12.2 Å². The van der Waals surface area contributed by atoms with Crippen LogP contribution in [0.3, 0.4) is 0 Å². The van der Waals surface area contributed by atoms with Gasteiger partial charge in [0.2, 0.25) is 5.95 Å². The van der Waals surface area contributed by atoms with Crippen LogP contribution in [0.1, 0.15) is 36.3 Å². The number of likely N-dealkylation sites (tertiary alicyclic amines) is 1. The third-order valence-corrected chi connectivity index (χ3v) is 4.76. The number of nitrogens with one attached hydrogen (secondary N) is 2. The molecule has 1 fully saturated rings. The molecule has 2 N–H and O–H groups in total. The van der Waals surface area contributed by atoms with Gasteiger partial charge >= 0.3 is 0 Å². The number of hydrogen-bond acceptors (Lipinski definition) is 6. The quantitative estimate of drug-likeness (QED) is 0.698. The van der Waals surface area contributed by atoms with Gasteiger partial charge in [-0.25, -0.2) is 0 Å². The minimum absolute atomic E-state index is 0.273. The second-order valence-corrected chi connectivity index (χ2v) is 6.86. The summed E-state index contributed by atoms with van der Waals surface area (Å²) in [6.07, 6.45) is 5.82. The van der Waals surface area contributed by atoms with Crippen LogP contribution < -0.4 is 10.9 Å². The average Bonchev–Trinajstić information content (AvgIpc) is 3.20. The molecule has 0 bridgehead atoms. The maximum absolute atomic E-state index is 12.2. The molecule has 0 amide bonds. The molecule has 0 saturated carbocycles. The first-order chi connectivity index (χ1) is 13.3. The molecule has 1 aliphatic heterocycles. The molecule has 3 aromatic rings. The molecule has 0 spiro atoms. The van der Waals surface area contributed by atoms with Crippen LogP contribution in [0.5, 0.6) is 0 Å². The summed E-state index contributed by atoms with van der Waals surface area (Å²) in [5.41, 5.74) is 2.20. The Morgan fingerprint density at radius 2 is 1.89 bits per heavy atom. The van der Waals surface area contributed by atoms with Gasteiger partial charge in [0.05, 0.1) is 12.7 Å². The minimum atomic E-state index is -0.273. The molecule has 7 heteroatoms. The average molecular weight is 365 g/mol. The molecule has 0 unspecified atom stereocenters. The first kappa shape index (κ1) is 17.5. The van der Waals surface area contributed by atoms with E-state index in [2.05, 4.69) is 37.5 Å². The van der Waals surface area contributed by atoms with Crippen molar-refractivity contribution in [1.82, 2.24) is 20.1 Å². The Hall–Kier alpha value is -2.93. The van der Waals surface area contributed by atoms with Gasteiger partial charge in [-0.15, -0.1) is 10.2 Å². The van der Waals surface area contributed by atoms with Crippen LogP contribution in [0, 0.1) is 0 Å². The number of rotatable bonds is 6. The molecule has 0 atom stereocenters. The van der Waals surface area contributed by atoms with Gasteiger partial charge in [-0.1, -0.05) is 18.6 Å². The van der Waals surface area contributed by atoms with E-state index in [-0.39, 0.29) is 5.56 Å². The lowest BCUT2D eigenvalue weighted by Gasteiger charge is -2.26. The Labute approximate surface area is 157 Å². The van der Waals surface area contributed by atoms with E-state index in [1.165, 1.54) is 37.9 Å². The van der Waals surface area contributed by atoms with Gasteiger partial charge in [0.25, 0.3) is 5.56 Å². The Morgan fingerprint density at radius 3 is 2.59 bits per heavy atom. The van der Waals surface area contributed by atoms with Crippen molar-refractivity contribution in [1.29, 1.82) is 0 Å². The fourth-order valence-electron chi connectivity index (χ4n) is 3.32. The van der Waals surface area contributed by atoms with E-state index < -0.39 is 0 Å². The summed E-state index contributed by atoms with van der Waals surface area (Å²) < 4.78 is 5.24. The Morgan fingerprint density at radius 1 is 1.07 bits per heavy atom. The zero-order chi connectivity index (χ0) is 18.5. The smallest absolute Gasteiger partial charge is 0.274 e. The highest BCUT2D eigenvalue weighted by Crippen LogP contribution is 2.16. The second kappa shape index (κ2) is 8.18. The lowest BCUT2D eigenvalue weighted by Crippen LogP contribution is -2.29. The fraction of sp³-hybridized carbons (Fsp3) is 0.350. The van der Waals surface area contributed by atoms with Crippen molar-refractivity contribution in [2.45, 2.75) is 32.2 Å². The maximum atomic E-state index is 12.2. The highest BCUT2D eigenvalue weighted by Gasteiger charge is 2.11. The van der Waals surface area contributed by atoms with Crippen LogP contribution in [-0.4, -0.2) is 33.2 Å². The van der Waals surface area contributed by atoms with Crippen LogP contribution in [-0.2, 0) is 13.0 Å². The summed E-state index contributed by atoms with van der Waals surface area (Å²) in [6, 6.07) is 11.8. The molecule has 1 saturated heterocycles. The number of furan rings is 1. The van der Waals surface area contributed by atoms with Crippen molar-refractivity contribution in [3.63, 3.8) is 0 Å². The van der Waals surface area contributed by atoms with Gasteiger partial charge < -0.3 is 9.73 Å². The highest BCUT2D eigenvalue weighted by molar-refractivity contribution is 5.53. The number of benzene rings is 1. The first-order valence-electron chi connectivity index (χ1n) is 9.33. The summed E-state index contributed by atoms with van der Waals surface area (Å²) in [7, 11) is 0. The summed E-state index contributed by atoms with van der Waals surface area (Å²) in [5, 5.41) is 11.2. The summed E-state index contributed by atoms with van der Waals surface area (Å²) >= 11 is 0. The predicted molar refractivity (Wildman–Crippen MR) is 103 cm³/mol. The van der Waals surface area contributed by atoms with Gasteiger partial charge in [0.1, 0.15) is 11.5 Å². The lowest BCUT2D eigenvalue weighted by molar-refractivity contribution is 0.221. The fourth-order valence-corrected chi connectivity index (χ4v) is 3.32. The van der Waals surface area contributed by atoms with Crippen LogP contribution in [0.25, 0.3) is 0 Å². The number of aromatic nitrogens is 3. The normalized spacial score (nSPS) is 15.0. The van der Waals surface area contributed by atoms with Crippen molar-refractivity contribution < 1.29 is 4.42 Å². The standard InChI is InChI=1S/C20H23N5O2/c26-19-18(13-17-5-4-12-27-17)23-24-20(22-19)21-16-8-6-15(7-9-16)14-25-10-2-1-3-11-25/h4-9,12H,1-3,10-11,13-14H2,(H2,21,22,24,26). The zero-order valence-corrected chi connectivity index (χ0v) is 15.1. The Kier molecular flexibility index (Phi) is 5.29. The van der Waals surface area contributed by atoms with Crippen molar-refractivity contribution in [2.75, 3.05) is 18.4 Å². The SMILES string of the molecule is O=c1[nH]c(Nc2ccc(CN3CCCCC3)cc2)nnc1Cc1ccco1. The number of nitrogens with zero attached hydrogens (tertiary/aromatic N) is 3. The van der Waals surface area contributed by atoms with E-state index in [9.17, 15) is 4.79 Å². The Bertz CT molecular complexity index is 912. The topological polar surface area (TPSA) is 87.0 Å². The largest absolute Gasteiger partial charge is 0.469 e. The molecule has 1 aromatic carbocycles. The lowest BCUT2D eigenvalue weighted by atomic mass is 10.1. The molecular weight excluding hydrogens is 342 g/mol. The Balaban J connectivity index is 1.38. The van der Waals surface area contributed by atoms with Crippen molar-refractivity contribution in [3.05, 3.63) is 70.0 Å². The van der Waals surface area contributed by atoms with Gasteiger partial charge in [0.15, 0.2) is 0 Å². The third-order valence-electron chi connectivity index (χ3n) is 4.76. The zero-order valence-electron chi connectivity index (χ0n) is 15.1. The van der Waals surface area contributed by atoms with E-state index >= 15 is 0 Å². The van der Waals surface area contributed by atoms with Gasteiger partial charge in [-0.05, 0) is 55.8 Å². The summed E-state index contributed by atoms with van der Waals surface area (Å²) in [5.74, 6) is 1.01. The van der Waals surface area contributed by atoms with Crippen LogP contribution >= 0.6 is 0 Å². The van der Waals surface area contributed by atoms with E-state index in [0.29, 0.717) is 23.8 Å². The number of H-pyrrole nitrogens is 1. The highest BCUT2D eigenvalue weighted by atomic mass is 16.3. The van der Waals surface area contributed by atoms with Crippen LogP contribution in [0.15, 0.2) is 51.9 Å². The van der Waals surface area contributed by atoms with Crippen molar-refractivity contribution in [2.24, 2.45) is 0 Å². The van der Waals surface area contributed by atoms with E-state index in [1.807, 2.05) is 12.1 Å². The van der Waals surface area contributed by atoms with Crippen LogP contribution in [0.4, 0.5) is 11.6 Å². The van der Waals surface area contributed by atoms with Gasteiger partial charge in [0, 0.05) is 12.2 Å².